The number of carbonyl (C=O) groups excluding carboxylic acids is 1. The second-order valence-corrected chi connectivity index (χ2v) is 4.97. The molecule has 0 saturated heterocycles. The van der Waals surface area contributed by atoms with Crippen molar-refractivity contribution in [3.63, 3.8) is 0 Å². The Balaban J connectivity index is 3.29. The Hall–Kier alpha value is 0.140. The number of esters is 1. The first-order valence-electron chi connectivity index (χ1n) is 4.60. The number of halogens is 5. The second-order valence-electron chi connectivity index (χ2n) is 3.08. The van der Waals surface area contributed by atoms with E-state index < -0.39 is 5.97 Å². The molecule has 0 atom stereocenters. The van der Waals surface area contributed by atoms with Gasteiger partial charge in [-0.3, -0.25) is 0 Å². The van der Waals surface area contributed by atoms with E-state index in [-0.39, 0.29) is 37.3 Å². The van der Waals surface area contributed by atoms with E-state index in [1.807, 2.05) is 6.92 Å². The number of hydrogen-bond donors (Lipinski definition) is 0. The number of hydrogen-bond acceptors (Lipinski definition) is 2. The van der Waals surface area contributed by atoms with Crippen LogP contribution < -0.4 is 0 Å². The van der Waals surface area contributed by atoms with E-state index in [9.17, 15) is 4.79 Å². The maximum atomic E-state index is 11.7. The van der Waals surface area contributed by atoms with Gasteiger partial charge in [-0.25, -0.2) is 4.79 Å². The van der Waals surface area contributed by atoms with E-state index >= 15 is 0 Å². The summed E-state index contributed by atoms with van der Waals surface area (Å²) in [6, 6.07) is 0. The third kappa shape index (κ3) is 3.12. The van der Waals surface area contributed by atoms with Crippen LogP contribution in [-0.2, 0) is 4.74 Å². The Morgan fingerprint density at radius 1 is 0.941 bits per heavy atom. The molecule has 0 radical (unpaired) electrons. The lowest BCUT2D eigenvalue weighted by Crippen LogP contribution is -2.08. The Labute approximate surface area is 124 Å². The van der Waals surface area contributed by atoms with Crippen molar-refractivity contribution in [2.75, 3.05) is 6.61 Å². The molecule has 0 spiro atoms. The topological polar surface area (TPSA) is 26.3 Å². The first kappa shape index (κ1) is 15.2. The van der Waals surface area contributed by atoms with Gasteiger partial charge in [-0.1, -0.05) is 64.9 Å². The molecule has 94 valence electrons. The molecule has 17 heavy (non-hydrogen) atoms. The van der Waals surface area contributed by atoms with Crippen LogP contribution in [0.1, 0.15) is 23.7 Å². The molecule has 1 rings (SSSR count). The van der Waals surface area contributed by atoms with Gasteiger partial charge in [0.1, 0.15) is 0 Å². The average Bonchev–Trinajstić information content (AvgIpc) is 2.31. The highest BCUT2D eigenvalue weighted by Gasteiger charge is 2.24. The molecule has 0 heterocycles. The van der Waals surface area contributed by atoms with Crippen LogP contribution in [-0.4, -0.2) is 12.6 Å². The van der Waals surface area contributed by atoms with E-state index in [1.165, 1.54) is 0 Å². The molecule has 0 unspecified atom stereocenters. The van der Waals surface area contributed by atoms with Crippen molar-refractivity contribution in [2.24, 2.45) is 0 Å². The molecular weight excluding hydrogens is 329 g/mol. The van der Waals surface area contributed by atoms with Crippen LogP contribution >= 0.6 is 58.0 Å². The third-order valence-electron chi connectivity index (χ3n) is 1.85. The Kier molecular flexibility index (Phi) is 5.68. The fourth-order valence-electron chi connectivity index (χ4n) is 1.05. The maximum Gasteiger partial charge on any atom is 0.341 e. The summed E-state index contributed by atoms with van der Waals surface area (Å²) in [5, 5.41) is -0.160. The zero-order valence-electron chi connectivity index (χ0n) is 8.62. The summed E-state index contributed by atoms with van der Waals surface area (Å²) in [6.45, 7) is 2.11. The molecule has 1 aromatic rings. The third-order valence-corrected chi connectivity index (χ3v) is 4.13. The van der Waals surface area contributed by atoms with Gasteiger partial charge in [0.15, 0.2) is 0 Å². The van der Waals surface area contributed by atoms with Crippen molar-refractivity contribution < 1.29 is 9.53 Å². The van der Waals surface area contributed by atoms with Crippen LogP contribution in [0.25, 0.3) is 0 Å². The number of rotatable bonds is 3. The fraction of sp³-hybridized carbons (Fsp3) is 0.300. The molecule has 0 bridgehead atoms. The molecule has 0 amide bonds. The van der Waals surface area contributed by atoms with Gasteiger partial charge in [-0.2, -0.15) is 0 Å². The lowest BCUT2D eigenvalue weighted by atomic mass is 10.2. The van der Waals surface area contributed by atoms with Crippen molar-refractivity contribution in [3.8, 4) is 0 Å². The molecule has 0 aliphatic rings. The summed E-state index contributed by atoms with van der Waals surface area (Å²) in [4.78, 5) is 11.7. The normalized spacial score (nSPS) is 10.5. The molecule has 7 heteroatoms. The Morgan fingerprint density at radius 2 is 1.35 bits per heavy atom. The van der Waals surface area contributed by atoms with Crippen LogP contribution in [0.2, 0.25) is 25.1 Å². The second kappa shape index (κ2) is 6.35. The van der Waals surface area contributed by atoms with E-state index in [2.05, 4.69) is 0 Å². The lowest BCUT2D eigenvalue weighted by Gasteiger charge is -2.11. The highest BCUT2D eigenvalue weighted by Crippen LogP contribution is 2.44. The van der Waals surface area contributed by atoms with E-state index in [1.54, 1.807) is 0 Å². The summed E-state index contributed by atoms with van der Waals surface area (Å²) < 4.78 is 4.92. The summed E-state index contributed by atoms with van der Waals surface area (Å²) >= 11 is 29.2. The molecule has 2 nitrogen and oxygen atoms in total. The minimum Gasteiger partial charge on any atom is -0.462 e. The lowest BCUT2D eigenvalue weighted by molar-refractivity contribution is 0.0505. The van der Waals surface area contributed by atoms with Crippen molar-refractivity contribution in [1.82, 2.24) is 0 Å². The SMILES string of the molecule is CCCOC(=O)c1c(Cl)c(Cl)c(Cl)c(Cl)c1Cl. The van der Waals surface area contributed by atoms with Gasteiger partial charge >= 0.3 is 5.97 Å². The summed E-state index contributed by atoms with van der Waals surface area (Å²) in [5.41, 5.74) is -0.0683. The quantitative estimate of drug-likeness (QED) is 0.413. The Morgan fingerprint density at radius 3 is 1.76 bits per heavy atom. The maximum absolute atomic E-state index is 11.7. The standard InChI is InChI=1S/C10H7Cl5O2/c1-2-3-17-10(16)4-5(11)7(13)9(15)8(14)6(4)12/h2-3H2,1H3. The first-order chi connectivity index (χ1) is 7.91. The predicted molar refractivity (Wildman–Crippen MR) is 72.1 cm³/mol. The minimum atomic E-state index is -0.678. The highest BCUT2D eigenvalue weighted by molar-refractivity contribution is 6.56. The Bertz CT molecular complexity index is 429. The van der Waals surface area contributed by atoms with Crippen LogP contribution in [0, 0.1) is 0 Å². The van der Waals surface area contributed by atoms with Crippen molar-refractivity contribution in [3.05, 3.63) is 30.7 Å². The molecule has 0 aromatic heterocycles. The van der Waals surface area contributed by atoms with Gasteiger partial charge in [0.05, 0.1) is 37.3 Å². The summed E-state index contributed by atoms with van der Waals surface area (Å²) in [5.74, 6) is -0.678. The molecule has 0 N–H and O–H groups in total. The smallest absolute Gasteiger partial charge is 0.341 e. The van der Waals surface area contributed by atoms with Gasteiger partial charge in [0.2, 0.25) is 0 Å². The number of benzene rings is 1. The summed E-state index contributed by atoms with van der Waals surface area (Å²) in [6.07, 6.45) is 0.677. The number of carbonyl (C=O) groups is 1. The monoisotopic (exact) mass is 334 g/mol. The molecule has 1 aromatic carbocycles. The van der Waals surface area contributed by atoms with Gasteiger partial charge in [-0.05, 0) is 6.42 Å². The van der Waals surface area contributed by atoms with Gasteiger partial charge in [0, 0.05) is 0 Å². The molecule has 0 saturated carbocycles. The van der Waals surface area contributed by atoms with Crippen LogP contribution in [0.3, 0.4) is 0 Å². The van der Waals surface area contributed by atoms with Gasteiger partial charge in [0.25, 0.3) is 0 Å². The van der Waals surface area contributed by atoms with Gasteiger partial charge < -0.3 is 4.74 Å². The van der Waals surface area contributed by atoms with Crippen molar-refractivity contribution in [1.29, 1.82) is 0 Å². The van der Waals surface area contributed by atoms with Crippen molar-refractivity contribution >= 4 is 64.0 Å². The van der Waals surface area contributed by atoms with Gasteiger partial charge in [-0.15, -0.1) is 0 Å². The number of ether oxygens (including phenoxy) is 1. The minimum absolute atomic E-state index is 0.00961. The van der Waals surface area contributed by atoms with E-state index in [4.69, 9.17) is 62.7 Å². The predicted octanol–water partition coefficient (Wildman–Crippen LogP) is 5.52. The van der Waals surface area contributed by atoms with Crippen LogP contribution in [0.4, 0.5) is 0 Å². The van der Waals surface area contributed by atoms with Crippen molar-refractivity contribution in [2.45, 2.75) is 13.3 Å². The van der Waals surface area contributed by atoms with E-state index in [0.717, 1.165) is 0 Å². The average molecular weight is 336 g/mol. The summed E-state index contributed by atoms with van der Waals surface area (Å²) in [7, 11) is 0. The van der Waals surface area contributed by atoms with Crippen LogP contribution in [0.15, 0.2) is 0 Å². The molecule has 0 fully saturated rings. The van der Waals surface area contributed by atoms with E-state index in [0.29, 0.717) is 6.42 Å². The zero-order chi connectivity index (χ0) is 13.2. The zero-order valence-corrected chi connectivity index (χ0v) is 12.4. The molecular formula is C10H7Cl5O2. The van der Waals surface area contributed by atoms with Crippen LogP contribution in [0.5, 0.6) is 0 Å². The molecule has 0 aliphatic carbocycles. The molecule has 0 aliphatic heterocycles. The largest absolute Gasteiger partial charge is 0.462 e. The first-order valence-corrected chi connectivity index (χ1v) is 6.49. The fourth-order valence-corrected chi connectivity index (χ4v) is 2.34. The highest BCUT2D eigenvalue weighted by atomic mass is 35.5.